The highest BCUT2D eigenvalue weighted by atomic mass is 127. The van der Waals surface area contributed by atoms with E-state index in [1.165, 1.54) is 12.0 Å². The number of hydrogen-bond donors (Lipinski definition) is 1. The van der Waals surface area contributed by atoms with Crippen LogP contribution in [0.4, 0.5) is 5.69 Å². The molecule has 1 N–H and O–H groups in total. The molecule has 1 aliphatic heterocycles. The molecule has 1 aliphatic rings. The quantitative estimate of drug-likeness (QED) is 0.477. The molecule has 1 aromatic rings. The second-order valence-corrected chi connectivity index (χ2v) is 4.30. The molecule has 0 saturated heterocycles. The van der Waals surface area contributed by atoms with Gasteiger partial charge in [0, 0.05) is 12.0 Å². The van der Waals surface area contributed by atoms with Gasteiger partial charge in [-0.1, -0.05) is 12.1 Å². The van der Waals surface area contributed by atoms with Crippen LogP contribution in [0.2, 0.25) is 0 Å². The third-order valence-corrected chi connectivity index (χ3v) is 2.87. The van der Waals surface area contributed by atoms with Gasteiger partial charge in [0.05, 0.1) is 20.6 Å². The predicted molar refractivity (Wildman–Crippen MR) is 54.9 cm³/mol. The number of halogens is 1. The Bertz CT molecular complexity index is 336. The van der Waals surface area contributed by atoms with Gasteiger partial charge in [-0.15, -0.1) is 0 Å². The Morgan fingerprint density at radius 3 is 2.64 bits per heavy atom. The van der Waals surface area contributed by atoms with Crippen LogP contribution in [0.25, 0.3) is 0 Å². The van der Waals surface area contributed by atoms with Gasteiger partial charge in [0.1, 0.15) is 0 Å². The summed E-state index contributed by atoms with van der Waals surface area (Å²) >= 11 is 0. The lowest BCUT2D eigenvalue weighted by Gasteiger charge is -2.35. The maximum atomic E-state index is 9.78. The van der Waals surface area contributed by atoms with Crippen LogP contribution in [0.3, 0.4) is 0 Å². The molecule has 0 unspecified atom stereocenters. The van der Waals surface area contributed by atoms with Gasteiger partial charge in [-0.25, -0.2) is 0 Å². The summed E-state index contributed by atoms with van der Waals surface area (Å²) in [5.41, 5.74) is 2.41. The summed E-state index contributed by atoms with van der Waals surface area (Å²) in [5, 5.41) is 9.78. The van der Waals surface area contributed by atoms with E-state index in [4.69, 9.17) is 0 Å². The van der Waals surface area contributed by atoms with Gasteiger partial charge in [0.2, 0.25) is 0 Å². The number of fused-ring (bicyclic) bond motifs is 1. The van der Waals surface area contributed by atoms with Crippen molar-refractivity contribution >= 4 is 5.69 Å². The monoisotopic (exact) mass is 305 g/mol. The van der Waals surface area contributed by atoms with Crippen LogP contribution in [0.5, 0.6) is 5.75 Å². The van der Waals surface area contributed by atoms with Crippen molar-refractivity contribution in [1.29, 1.82) is 0 Å². The molecule has 78 valence electrons. The first-order valence-corrected chi connectivity index (χ1v) is 4.76. The van der Waals surface area contributed by atoms with E-state index >= 15 is 0 Å². The number of aryl methyl sites for hydroxylation is 1. The first-order chi connectivity index (χ1) is 6.11. The zero-order chi connectivity index (χ0) is 9.47. The third kappa shape index (κ3) is 1.88. The maximum absolute atomic E-state index is 9.78. The number of phenols is 1. The third-order valence-electron chi connectivity index (χ3n) is 2.87. The number of para-hydroxylation sites is 1. The van der Waals surface area contributed by atoms with Crippen molar-refractivity contribution in [1.82, 2.24) is 4.48 Å². The fraction of sp³-hybridized carbons (Fsp3) is 0.455. The summed E-state index contributed by atoms with van der Waals surface area (Å²) in [4.78, 5) is 0. The van der Waals surface area contributed by atoms with E-state index in [9.17, 15) is 5.11 Å². The van der Waals surface area contributed by atoms with Gasteiger partial charge in [0.25, 0.3) is 0 Å². The molecule has 0 radical (unpaired) electrons. The molecule has 1 heterocycles. The van der Waals surface area contributed by atoms with E-state index in [1.54, 1.807) is 6.07 Å². The topological polar surface area (TPSA) is 20.2 Å². The SMILES string of the molecule is C[N+]1(C)CCCc2cccc(O)c21.[I-]. The molecule has 0 fully saturated rings. The van der Waals surface area contributed by atoms with Crippen molar-refractivity contribution in [3.63, 3.8) is 0 Å². The standard InChI is InChI=1S/C11H15NO.HI/c1-12(2)8-4-6-9-5-3-7-10(13)11(9)12;/h3,5,7H,4,6,8H2,1-2H3;1H. The fourth-order valence-corrected chi connectivity index (χ4v) is 2.25. The Morgan fingerprint density at radius 1 is 1.29 bits per heavy atom. The minimum Gasteiger partial charge on any atom is -1.00 e. The summed E-state index contributed by atoms with van der Waals surface area (Å²) in [6.45, 7) is 1.12. The van der Waals surface area contributed by atoms with Gasteiger partial charge in [-0.05, 0) is 12.5 Å². The smallest absolute Gasteiger partial charge is 0.177 e. The predicted octanol–water partition coefficient (Wildman–Crippen LogP) is -1.09. The number of hydrogen-bond acceptors (Lipinski definition) is 1. The molecule has 2 nitrogen and oxygen atoms in total. The molecule has 0 saturated carbocycles. The average molecular weight is 305 g/mol. The van der Waals surface area contributed by atoms with Crippen LogP contribution >= 0.6 is 0 Å². The van der Waals surface area contributed by atoms with Crippen LogP contribution < -0.4 is 28.5 Å². The fourth-order valence-electron chi connectivity index (χ4n) is 2.25. The van der Waals surface area contributed by atoms with Crippen molar-refractivity contribution in [3.05, 3.63) is 23.8 Å². The largest absolute Gasteiger partial charge is 1.00 e. The van der Waals surface area contributed by atoms with Crippen LogP contribution in [-0.4, -0.2) is 25.7 Å². The van der Waals surface area contributed by atoms with E-state index in [-0.39, 0.29) is 24.0 Å². The molecular weight excluding hydrogens is 289 g/mol. The highest BCUT2D eigenvalue weighted by Gasteiger charge is 2.29. The molecule has 14 heavy (non-hydrogen) atoms. The second-order valence-electron chi connectivity index (χ2n) is 4.30. The number of aromatic hydroxyl groups is 1. The van der Waals surface area contributed by atoms with Gasteiger partial charge in [0.15, 0.2) is 11.4 Å². The first-order valence-electron chi connectivity index (χ1n) is 4.76. The molecule has 0 aliphatic carbocycles. The summed E-state index contributed by atoms with van der Waals surface area (Å²) in [5.74, 6) is 0.446. The van der Waals surface area contributed by atoms with Crippen molar-refractivity contribution < 1.29 is 29.1 Å². The maximum Gasteiger partial charge on any atom is 0.177 e. The molecular formula is C11H16INO. The van der Waals surface area contributed by atoms with Gasteiger partial charge >= 0.3 is 0 Å². The van der Waals surface area contributed by atoms with E-state index < -0.39 is 0 Å². The van der Waals surface area contributed by atoms with Gasteiger partial charge < -0.3 is 29.1 Å². The van der Waals surface area contributed by atoms with E-state index in [1.807, 2.05) is 6.07 Å². The minimum atomic E-state index is 0. The Morgan fingerprint density at radius 2 is 2.00 bits per heavy atom. The summed E-state index contributed by atoms with van der Waals surface area (Å²) in [7, 11) is 4.30. The summed E-state index contributed by atoms with van der Waals surface area (Å²) in [6.07, 6.45) is 2.31. The van der Waals surface area contributed by atoms with Crippen LogP contribution in [0.15, 0.2) is 18.2 Å². The zero-order valence-electron chi connectivity index (χ0n) is 8.63. The minimum absolute atomic E-state index is 0. The Kier molecular flexibility index (Phi) is 3.42. The molecule has 0 aromatic heterocycles. The van der Waals surface area contributed by atoms with E-state index in [0.29, 0.717) is 5.75 Å². The zero-order valence-corrected chi connectivity index (χ0v) is 10.8. The molecule has 1 aromatic carbocycles. The normalized spacial score (nSPS) is 18.1. The highest BCUT2D eigenvalue weighted by molar-refractivity contribution is 5.61. The van der Waals surface area contributed by atoms with Crippen molar-refractivity contribution in [2.75, 3.05) is 20.6 Å². The Balaban J connectivity index is 0.000000980. The molecule has 3 heteroatoms. The first kappa shape index (κ1) is 11.8. The van der Waals surface area contributed by atoms with Crippen LogP contribution in [0.1, 0.15) is 12.0 Å². The Labute approximate surface area is 102 Å². The van der Waals surface area contributed by atoms with Crippen molar-refractivity contribution in [2.24, 2.45) is 0 Å². The van der Waals surface area contributed by atoms with Gasteiger partial charge in [-0.2, -0.15) is 0 Å². The number of quaternary nitrogens is 1. The number of nitrogens with zero attached hydrogens (tertiary/aromatic N) is 1. The van der Waals surface area contributed by atoms with Gasteiger partial charge in [-0.3, -0.25) is 4.48 Å². The number of benzene rings is 1. The van der Waals surface area contributed by atoms with Crippen LogP contribution in [-0.2, 0) is 6.42 Å². The Hall–Kier alpha value is -0.290. The molecule has 0 bridgehead atoms. The summed E-state index contributed by atoms with van der Waals surface area (Å²) in [6, 6.07) is 5.83. The summed E-state index contributed by atoms with van der Waals surface area (Å²) < 4.78 is 0.808. The lowest BCUT2D eigenvalue weighted by Crippen LogP contribution is -3.00. The number of phenolic OH excluding ortho intramolecular Hbond substituents is 1. The van der Waals surface area contributed by atoms with Crippen molar-refractivity contribution in [2.45, 2.75) is 12.8 Å². The molecule has 0 amide bonds. The highest BCUT2D eigenvalue weighted by Crippen LogP contribution is 2.37. The molecule has 2 rings (SSSR count). The van der Waals surface area contributed by atoms with E-state index in [2.05, 4.69) is 20.2 Å². The van der Waals surface area contributed by atoms with E-state index in [0.717, 1.165) is 23.1 Å². The molecule has 0 atom stereocenters. The molecule has 0 spiro atoms. The van der Waals surface area contributed by atoms with Crippen molar-refractivity contribution in [3.8, 4) is 5.75 Å². The lowest BCUT2D eigenvalue weighted by molar-refractivity contribution is -0.00000399. The lowest BCUT2D eigenvalue weighted by atomic mass is 10.00. The number of rotatable bonds is 0. The van der Waals surface area contributed by atoms with Crippen LogP contribution in [0, 0.1) is 0 Å². The second kappa shape index (κ2) is 4.06. The average Bonchev–Trinajstić information content (AvgIpc) is 2.02.